The Bertz CT molecular complexity index is 688. The van der Waals surface area contributed by atoms with Gasteiger partial charge in [-0.2, -0.15) is 8.42 Å². The molecule has 0 spiro atoms. The molecule has 1 saturated carbocycles. The quantitative estimate of drug-likeness (QED) is 0.304. The number of rotatable bonds is 8. The van der Waals surface area contributed by atoms with E-state index < -0.39 is 21.7 Å². The van der Waals surface area contributed by atoms with Crippen molar-refractivity contribution in [2.45, 2.75) is 51.0 Å². The molecule has 0 atom stereocenters. The van der Waals surface area contributed by atoms with Gasteiger partial charge in [0.2, 0.25) is 0 Å². The van der Waals surface area contributed by atoms with Crippen molar-refractivity contribution < 1.29 is 22.1 Å². The van der Waals surface area contributed by atoms with Gasteiger partial charge in [0.25, 0.3) is 10.1 Å². The molecule has 0 saturated heterocycles. The van der Waals surface area contributed by atoms with Crippen LogP contribution in [0.4, 0.5) is 0 Å². The molecule has 0 heterocycles. The van der Waals surface area contributed by atoms with Gasteiger partial charge in [0.1, 0.15) is 5.60 Å². The zero-order valence-corrected chi connectivity index (χ0v) is 15.5. The van der Waals surface area contributed by atoms with Crippen LogP contribution >= 0.6 is 0 Å². The maximum absolute atomic E-state index is 12.5. The summed E-state index contributed by atoms with van der Waals surface area (Å²) in [5.74, 6) is -0.684. The van der Waals surface area contributed by atoms with E-state index in [1.165, 1.54) is 0 Å². The summed E-state index contributed by atoms with van der Waals surface area (Å²) in [4.78, 5) is 11.3. The van der Waals surface area contributed by atoms with Crippen LogP contribution in [0.3, 0.4) is 0 Å². The topological polar surface area (TPSA) is 69.7 Å². The minimum atomic E-state index is -3.72. The van der Waals surface area contributed by atoms with Gasteiger partial charge in [0.05, 0.1) is 12.4 Å². The number of hydrogen-bond donors (Lipinski definition) is 0. The summed E-state index contributed by atoms with van der Waals surface area (Å²) < 4.78 is 35.6. The fourth-order valence-corrected chi connectivity index (χ4v) is 4.40. The Balaban J connectivity index is 2.00. The number of ether oxygens (including phenoxy) is 1. The molecule has 0 aromatic heterocycles. The molecule has 1 aliphatic rings. The van der Waals surface area contributed by atoms with Crippen LogP contribution in [0.2, 0.25) is 0 Å². The lowest BCUT2D eigenvalue weighted by molar-refractivity contribution is -0.138. The Hall–Kier alpha value is -1.66. The highest BCUT2D eigenvalue weighted by Crippen LogP contribution is 2.41. The van der Waals surface area contributed by atoms with Crippen LogP contribution in [0.15, 0.2) is 42.5 Å². The van der Waals surface area contributed by atoms with Crippen LogP contribution in [-0.2, 0) is 29.4 Å². The Kier molecular flexibility index (Phi) is 6.79. The maximum atomic E-state index is 12.5. The Morgan fingerprint density at radius 3 is 2.40 bits per heavy atom. The van der Waals surface area contributed by atoms with Crippen LogP contribution in [0, 0.1) is 0 Å². The highest BCUT2D eigenvalue weighted by atomic mass is 32.2. The second-order valence-corrected chi connectivity index (χ2v) is 8.23. The summed E-state index contributed by atoms with van der Waals surface area (Å²) in [7, 11) is -3.72. The van der Waals surface area contributed by atoms with E-state index in [0.717, 1.165) is 24.8 Å². The molecule has 0 bridgehead atoms. The summed E-state index contributed by atoms with van der Waals surface area (Å²) in [6.45, 7) is 5.07. The van der Waals surface area contributed by atoms with Crippen molar-refractivity contribution in [1.29, 1.82) is 0 Å². The lowest BCUT2D eigenvalue weighted by atomic mass is 9.80. The standard InChI is InChI=1S/C19H26O5S/c1-16(2)18(20)23-14-9-15-25(21,22)24-19(12-7-4-8-13-19)17-10-5-3-6-11-17/h3,5-6,10-11H,1,4,7-9,12-15H2,2H3. The van der Waals surface area contributed by atoms with Crippen LogP contribution in [0.5, 0.6) is 0 Å². The van der Waals surface area contributed by atoms with Gasteiger partial charge in [-0.1, -0.05) is 56.2 Å². The summed E-state index contributed by atoms with van der Waals surface area (Å²) in [5.41, 5.74) is 0.434. The van der Waals surface area contributed by atoms with Crippen LogP contribution < -0.4 is 0 Å². The number of benzene rings is 1. The first-order chi connectivity index (χ1) is 11.8. The molecule has 0 radical (unpaired) electrons. The van der Waals surface area contributed by atoms with E-state index in [4.69, 9.17) is 8.92 Å². The van der Waals surface area contributed by atoms with Crippen LogP contribution in [-0.4, -0.2) is 26.7 Å². The van der Waals surface area contributed by atoms with E-state index in [1.807, 2.05) is 30.3 Å². The van der Waals surface area contributed by atoms with E-state index in [0.29, 0.717) is 18.4 Å². The van der Waals surface area contributed by atoms with Crippen LogP contribution in [0.1, 0.15) is 51.0 Å². The van der Waals surface area contributed by atoms with Crippen molar-refractivity contribution in [1.82, 2.24) is 0 Å². The van der Waals surface area contributed by atoms with Crippen molar-refractivity contribution in [2.24, 2.45) is 0 Å². The molecule has 1 aromatic carbocycles. The average Bonchev–Trinajstić information content (AvgIpc) is 2.59. The first-order valence-electron chi connectivity index (χ1n) is 8.66. The van der Waals surface area contributed by atoms with Gasteiger partial charge in [0.15, 0.2) is 0 Å². The zero-order valence-electron chi connectivity index (χ0n) is 14.7. The molecule has 0 unspecified atom stereocenters. The first kappa shape index (κ1) is 19.7. The van der Waals surface area contributed by atoms with Crippen LogP contribution in [0.25, 0.3) is 0 Å². The van der Waals surface area contributed by atoms with Gasteiger partial charge in [-0.3, -0.25) is 4.18 Å². The summed E-state index contributed by atoms with van der Waals surface area (Å²) in [6.07, 6.45) is 4.57. The van der Waals surface area contributed by atoms with Crippen molar-refractivity contribution in [3.05, 3.63) is 48.0 Å². The van der Waals surface area contributed by atoms with E-state index in [1.54, 1.807) is 6.92 Å². The van der Waals surface area contributed by atoms with E-state index >= 15 is 0 Å². The lowest BCUT2D eigenvalue weighted by Crippen LogP contribution is -2.35. The minimum Gasteiger partial charge on any atom is -0.462 e. The van der Waals surface area contributed by atoms with Gasteiger partial charge < -0.3 is 4.74 Å². The third-order valence-corrected chi connectivity index (χ3v) is 5.73. The molecule has 138 valence electrons. The van der Waals surface area contributed by atoms with Gasteiger partial charge >= 0.3 is 5.97 Å². The zero-order chi connectivity index (χ0) is 18.3. The van der Waals surface area contributed by atoms with Gasteiger partial charge in [0, 0.05) is 5.57 Å². The van der Waals surface area contributed by atoms with Crippen molar-refractivity contribution in [3.63, 3.8) is 0 Å². The molecule has 2 rings (SSSR count). The van der Waals surface area contributed by atoms with E-state index in [-0.39, 0.29) is 18.8 Å². The molecular weight excluding hydrogens is 340 g/mol. The molecule has 6 heteroatoms. The predicted molar refractivity (Wildman–Crippen MR) is 96.5 cm³/mol. The SMILES string of the molecule is C=C(C)C(=O)OCCCS(=O)(=O)OC1(c2ccccc2)CCCCC1. The molecule has 0 N–H and O–H groups in total. The highest BCUT2D eigenvalue weighted by molar-refractivity contribution is 7.86. The Labute approximate surface area is 150 Å². The molecule has 25 heavy (non-hydrogen) atoms. The molecule has 1 aliphatic carbocycles. The third kappa shape index (κ3) is 5.68. The smallest absolute Gasteiger partial charge is 0.333 e. The first-order valence-corrected chi connectivity index (χ1v) is 10.2. The molecule has 0 aliphatic heterocycles. The van der Waals surface area contributed by atoms with Crippen molar-refractivity contribution in [3.8, 4) is 0 Å². The molecule has 0 amide bonds. The number of carbonyl (C=O) groups excluding carboxylic acids is 1. The third-order valence-electron chi connectivity index (χ3n) is 4.37. The molecule has 5 nitrogen and oxygen atoms in total. The Morgan fingerprint density at radius 1 is 1.16 bits per heavy atom. The lowest BCUT2D eigenvalue weighted by Gasteiger charge is -2.36. The second kappa shape index (κ2) is 8.63. The number of hydrogen-bond acceptors (Lipinski definition) is 5. The monoisotopic (exact) mass is 366 g/mol. The normalized spacial score (nSPS) is 17.0. The van der Waals surface area contributed by atoms with E-state index in [2.05, 4.69) is 6.58 Å². The highest BCUT2D eigenvalue weighted by Gasteiger charge is 2.39. The summed E-state index contributed by atoms with van der Waals surface area (Å²) in [6, 6.07) is 9.56. The maximum Gasteiger partial charge on any atom is 0.333 e. The summed E-state index contributed by atoms with van der Waals surface area (Å²) >= 11 is 0. The number of carbonyl (C=O) groups is 1. The molecular formula is C19H26O5S. The largest absolute Gasteiger partial charge is 0.462 e. The average molecular weight is 366 g/mol. The van der Waals surface area contributed by atoms with Crippen molar-refractivity contribution in [2.75, 3.05) is 12.4 Å². The number of esters is 1. The van der Waals surface area contributed by atoms with Gasteiger partial charge in [-0.15, -0.1) is 0 Å². The Morgan fingerprint density at radius 2 is 1.80 bits per heavy atom. The van der Waals surface area contributed by atoms with Gasteiger partial charge in [-0.25, -0.2) is 4.79 Å². The predicted octanol–water partition coefficient (Wildman–Crippen LogP) is 3.70. The summed E-state index contributed by atoms with van der Waals surface area (Å²) in [5, 5.41) is 0. The minimum absolute atomic E-state index is 0.0343. The fraction of sp³-hybridized carbons (Fsp3) is 0.526. The molecule has 1 fully saturated rings. The fourth-order valence-electron chi connectivity index (χ4n) is 3.09. The molecule has 1 aromatic rings. The second-order valence-electron chi connectivity index (χ2n) is 6.54. The van der Waals surface area contributed by atoms with Crippen molar-refractivity contribution >= 4 is 16.1 Å². The van der Waals surface area contributed by atoms with E-state index in [9.17, 15) is 13.2 Å². The van der Waals surface area contributed by atoms with Gasteiger partial charge in [-0.05, 0) is 31.7 Å².